The minimum Gasteiger partial charge on any atom is -0.468 e. The van der Waals surface area contributed by atoms with Gasteiger partial charge < -0.3 is 14.5 Å². The summed E-state index contributed by atoms with van der Waals surface area (Å²) in [5.74, 6) is -0.389. The van der Waals surface area contributed by atoms with Crippen LogP contribution in [-0.2, 0) is 9.53 Å². The van der Waals surface area contributed by atoms with E-state index in [1.165, 1.54) is 12.0 Å². The zero-order valence-electron chi connectivity index (χ0n) is 8.65. The summed E-state index contributed by atoms with van der Waals surface area (Å²) in [7, 11) is 2.92. The van der Waals surface area contributed by atoms with Crippen LogP contribution in [0.2, 0.25) is 0 Å². The zero-order chi connectivity index (χ0) is 10.6. The molecule has 0 aromatic rings. The molecule has 0 bridgehead atoms. The van der Waals surface area contributed by atoms with Crippen molar-refractivity contribution in [1.82, 2.24) is 9.80 Å². The summed E-state index contributed by atoms with van der Waals surface area (Å²) < 4.78 is 4.48. The zero-order valence-corrected chi connectivity index (χ0v) is 8.65. The van der Waals surface area contributed by atoms with Crippen LogP contribution < -0.4 is 0 Å². The van der Waals surface area contributed by atoms with Gasteiger partial charge in [-0.2, -0.15) is 0 Å². The fourth-order valence-corrected chi connectivity index (χ4v) is 1.48. The quantitative estimate of drug-likeness (QED) is 0.603. The number of nitrogens with zero attached hydrogens (tertiary/aromatic N) is 2. The highest BCUT2D eigenvalue weighted by atomic mass is 16.5. The van der Waals surface area contributed by atoms with E-state index < -0.39 is 0 Å². The second kappa shape index (κ2) is 4.83. The van der Waals surface area contributed by atoms with Crippen LogP contribution in [0, 0.1) is 0 Å². The van der Waals surface area contributed by atoms with Gasteiger partial charge in [0.1, 0.15) is 6.54 Å². The van der Waals surface area contributed by atoms with E-state index in [0.717, 1.165) is 25.9 Å². The first kappa shape index (κ1) is 10.8. The van der Waals surface area contributed by atoms with Gasteiger partial charge in [-0.3, -0.25) is 4.79 Å². The number of hydrogen-bond donors (Lipinski definition) is 0. The molecule has 0 aliphatic carbocycles. The molecule has 2 amide bonds. The molecule has 1 rings (SSSR count). The minimum absolute atomic E-state index is 0.0197. The Kier molecular flexibility index (Phi) is 3.73. The summed E-state index contributed by atoms with van der Waals surface area (Å²) in [6.45, 7) is 1.61. The molecule has 0 unspecified atom stereocenters. The van der Waals surface area contributed by atoms with E-state index in [1.807, 2.05) is 0 Å². The standard InChI is InChI=1S/C9H16N2O3/c1-10(7-8(12)14-2)9(13)11-5-3-4-6-11/h3-7H2,1-2H3. The first-order chi connectivity index (χ1) is 6.65. The van der Waals surface area contributed by atoms with Crippen molar-refractivity contribution in [2.45, 2.75) is 12.8 Å². The van der Waals surface area contributed by atoms with E-state index >= 15 is 0 Å². The number of carbonyl (C=O) groups is 2. The monoisotopic (exact) mass is 200 g/mol. The molecule has 0 aromatic heterocycles. The molecule has 0 atom stereocenters. The lowest BCUT2D eigenvalue weighted by Crippen LogP contribution is -2.42. The third kappa shape index (κ3) is 2.61. The topological polar surface area (TPSA) is 49.9 Å². The third-order valence-corrected chi connectivity index (χ3v) is 2.30. The summed E-state index contributed by atoms with van der Waals surface area (Å²) in [5.41, 5.74) is 0. The van der Waals surface area contributed by atoms with Crippen molar-refractivity contribution < 1.29 is 14.3 Å². The van der Waals surface area contributed by atoms with Gasteiger partial charge in [-0.15, -0.1) is 0 Å². The Balaban J connectivity index is 2.39. The van der Waals surface area contributed by atoms with Gasteiger partial charge in [-0.05, 0) is 12.8 Å². The Morgan fingerprint density at radius 1 is 1.36 bits per heavy atom. The summed E-state index contributed by atoms with van der Waals surface area (Å²) in [6, 6.07) is -0.0899. The highest BCUT2D eigenvalue weighted by Crippen LogP contribution is 2.09. The van der Waals surface area contributed by atoms with Gasteiger partial charge in [0, 0.05) is 20.1 Å². The van der Waals surface area contributed by atoms with Crippen LogP contribution in [-0.4, -0.2) is 55.6 Å². The van der Waals surface area contributed by atoms with Crippen LogP contribution in [0.5, 0.6) is 0 Å². The van der Waals surface area contributed by atoms with Crippen LogP contribution in [0.15, 0.2) is 0 Å². The molecule has 1 aliphatic rings. The average molecular weight is 200 g/mol. The van der Waals surface area contributed by atoms with Crippen molar-refractivity contribution in [2.75, 3.05) is 33.8 Å². The van der Waals surface area contributed by atoms with Crippen LogP contribution in [0.25, 0.3) is 0 Å². The van der Waals surface area contributed by atoms with Crippen molar-refractivity contribution in [3.8, 4) is 0 Å². The molecule has 1 saturated heterocycles. The maximum Gasteiger partial charge on any atom is 0.325 e. The molecule has 0 saturated carbocycles. The SMILES string of the molecule is COC(=O)CN(C)C(=O)N1CCCC1. The summed E-state index contributed by atoms with van der Waals surface area (Å²) >= 11 is 0. The van der Waals surface area contributed by atoms with E-state index in [-0.39, 0.29) is 18.5 Å². The number of methoxy groups -OCH3 is 1. The van der Waals surface area contributed by atoms with Gasteiger partial charge in [-0.25, -0.2) is 4.79 Å². The Bertz CT molecular complexity index is 224. The Labute approximate surface area is 83.6 Å². The molecule has 0 radical (unpaired) electrons. The normalized spacial score (nSPS) is 15.4. The lowest BCUT2D eigenvalue weighted by molar-refractivity contribution is -0.141. The molecule has 14 heavy (non-hydrogen) atoms. The summed E-state index contributed by atoms with van der Waals surface area (Å²) in [5, 5.41) is 0. The fraction of sp³-hybridized carbons (Fsp3) is 0.778. The summed E-state index contributed by atoms with van der Waals surface area (Å²) in [4.78, 5) is 25.7. The van der Waals surface area contributed by atoms with Crippen molar-refractivity contribution in [3.63, 3.8) is 0 Å². The number of hydrogen-bond acceptors (Lipinski definition) is 3. The number of carbonyl (C=O) groups excluding carboxylic acids is 2. The molecule has 1 aliphatic heterocycles. The number of rotatable bonds is 2. The minimum atomic E-state index is -0.389. The molecule has 5 nitrogen and oxygen atoms in total. The van der Waals surface area contributed by atoms with Gasteiger partial charge >= 0.3 is 12.0 Å². The van der Waals surface area contributed by atoms with Crippen molar-refractivity contribution in [3.05, 3.63) is 0 Å². The second-order valence-electron chi connectivity index (χ2n) is 3.41. The predicted octanol–water partition coefficient (Wildman–Crippen LogP) is 0.307. The molecule has 1 fully saturated rings. The maximum absolute atomic E-state index is 11.6. The van der Waals surface area contributed by atoms with Gasteiger partial charge in [0.05, 0.1) is 7.11 Å². The number of ether oxygens (including phenoxy) is 1. The van der Waals surface area contributed by atoms with Gasteiger partial charge in [0.2, 0.25) is 0 Å². The maximum atomic E-state index is 11.6. The number of esters is 1. The van der Waals surface area contributed by atoms with Crippen LogP contribution in [0.3, 0.4) is 0 Å². The number of likely N-dealkylation sites (N-methyl/N-ethyl adjacent to an activating group) is 1. The molecular weight excluding hydrogens is 184 g/mol. The molecule has 0 spiro atoms. The molecule has 80 valence electrons. The molecule has 5 heteroatoms. The van der Waals surface area contributed by atoms with Crippen molar-refractivity contribution in [1.29, 1.82) is 0 Å². The first-order valence-corrected chi connectivity index (χ1v) is 4.72. The number of likely N-dealkylation sites (tertiary alicyclic amines) is 1. The highest BCUT2D eigenvalue weighted by Gasteiger charge is 2.22. The van der Waals surface area contributed by atoms with E-state index in [0.29, 0.717) is 0 Å². The fourth-order valence-electron chi connectivity index (χ4n) is 1.48. The molecule has 0 N–H and O–H groups in total. The van der Waals surface area contributed by atoms with E-state index in [4.69, 9.17) is 0 Å². The van der Waals surface area contributed by atoms with Gasteiger partial charge in [0.25, 0.3) is 0 Å². The molecular formula is C9H16N2O3. The third-order valence-electron chi connectivity index (χ3n) is 2.30. The second-order valence-corrected chi connectivity index (χ2v) is 3.41. The molecule has 1 heterocycles. The van der Waals surface area contributed by atoms with Crippen molar-refractivity contribution >= 4 is 12.0 Å². The lowest BCUT2D eigenvalue weighted by atomic mass is 10.4. The van der Waals surface area contributed by atoms with Gasteiger partial charge in [-0.1, -0.05) is 0 Å². The average Bonchev–Trinajstić information content (AvgIpc) is 2.69. The largest absolute Gasteiger partial charge is 0.468 e. The number of amides is 2. The lowest BCUT2D eigenvalue weighted by Gasteiger charge is -2.23. The van der Waals surface area contributed by atoms with E-state index in [2.05, 4.69) is 4.74 Å². The van der Waals surface area contributed by atoms with Crippen LogP contribution >= 0.6 is 0 Å². The Hall–Kier alpha value is -1.26. The van der Waals surface area contributed by atoms with Crippen LogP contribution in [0.4, 0.5) is 4.79 Å². The van der Waals surface area contributed by atoms with Gasteiger partial charge in [0.15, 0.2) is 0 Å². The molecule has 0 aromatic carbocycles. The first-order valence-electron chi connectivity index (χ1n) is 4.72. The predicted molar refractivity (Wildman–Crippen MR) is 50.8 cm³/mol. The Morgan fingerprint density at radius 3 is 2.43 bits per heavy atom. The smallest absolute Gasteiger partial charge is 0.325 e. The van der Waals surface area contributed by atoms with E-state index in [1.54, 1.807) is 11.9 Å². The highest BCUT2D eigenvalue weighted by molar-refractivity contribution is 5.80. The van der Waals surface area contributed by atoms with Crippen molar-refractivity contribution in [2.24, 2.45) is 0 Å². The van der Waals surface area contributed by atoms with Crippen LogP contribution in [0.1, 0.15) is 12.8 Å². The summed E-state index contributed by atoms with van der Waals surface area (Å²) in [6.07, 6.45) is 2.11. The number of urea groups is 1. The Morgan fingerprint density at radius 2 is 1.93 bits per heavy atom. The van der Waals surface area contributed by atoms with E-state index in [9.17, 15) is 9.59 Å².